The second-order valence-corrected chi connectivity index (χ2v) is 29.7. The molecule has 4 fully saturated rings. The van der Waals surface area contributed by atoms with E-state index in [1.165, 1.54) is 68.8 Å². The van der Waals surface area contributed by atoms with Crippen molar-refractivity contribution in [2.45, 2.75) is 6.18 Å². The first-order valence-electron chi connectivity index (χ1n) is 42.4. The minimum atomic E-state index is -4.53. The van der Waals surface area contributed by atoms with E-state index in [2.05, 4.69) is 145 Å². The number of aromatic nitrogens is 8. The van der Waals surface area contributed by atoms with Gasteiger partial charge in [0.2, 0.25) is 0 Å². The van der Waals surface area contributed by atoms with Crippen molar-refractivity contribution in [2.75, 3.05) is 209 Å². The summed E-state index contributed by atoms with van der Waals surface area (Å²) in [6, 6.07) is 45.5. The molecule has 4 aromatic carbocycles. The van der Waals surface area contributed by atoms with Crippen molar-refractivity contribution in [3.05, 3.63) is 272 Å². The first-order chi connectivity index (χ1) is 65.6. The number of methoxy groups -OCH3 is 3. The van der Waals surface area contributed by atoms with Crippen LogP contribution in [-0.2, 0) is 6.18 Å². The molecule has 698 valence electrons. The van der Waals surface area contributed by atoms with Gasteiger partial charge in [-0.15, -0.1) is 0 Å². The molecule has 8 aromatic heterocycles. The summed E-state index contributed by atoms with van der Waals surface area (Å²) in [6.45, 7) is 13.4. The monoisotopic (exact) mass is 1840 g/mol. The van der Waals surface area contributed by atoms with Crippen LogP contribution in [-0.4, -0.2) is 214 Å². The van der Waals surface area contributed by atoms with Gasteiger partial charge in [-0.05, 0) is 152 Å². The lowest BCUT2D eigenvalue weighted by Gasteiger charge is -2.30. The predicted octanol–water partition coefficient (Wildman–Crippen LogP) is 12.3. The van der Waals surface area contributed by atoms with Crippen molar-refractivity contribution >= 4 is 139 Å². The second-order valence-electron chi connectivity index (χ2n) is 29.7. The zero-order chi connectivity index (χ0) is 94.8. The first-order valence-corrected chi connectivity index (χ1v) is 42.4. The normalized spacial score (nSPS) is 13.3. The molecule has 0 saturated carbocycles. The third-order valence-electron chi connectivity index (χ3n) is 20.5. The van der Waals surface area contributed by atoms with Crippen LogP contribution in [0, 0.1) is 5.82 Å². The number of alkyl halides is 3. The standard InChI is InChI=1S/C24H27N7O4.C23H22F3N7O2.C23H25N7O3.C22H22FN7O2/c1-34-16-6-7-21(35-2)18(14-16)29-24(33)30-22-5-3-4-17(27-22)23(32)28-19-15-26-9-8-20(19)31-12-10-25-11-13-31;24-23(25,26)15-3-1-4-16(13-15)29-22(35)32-20-6-2-5-17(30-20)21(34)31-18-14-28-8-7-19(18)33-11-9-27-10-12-33;1-33-17-7-5-16(6-8-17)26-23(32)29-21-4-2-3-18(27-21)22(31)28-19-15-25-10-9-20(19)30-13-11-24-12-14-30;23-15-4-6-16(7-5-15)26-22(32)29-20-3-1-2-17(27-20)21(31)28-18-14-25-9-8-19(18)30-12-10-24-11-13-30/h3-9,14-15,25H,10-13H2,1-2H3,(H,28,32)(H2,27,29,30,33);1-8,13-14,27H,9-12H2,(H,31,34)(H2,29,30,32,35);2-10,15,24H,11-14H2,1H3,(H,28,31)(H2,26,27,29,32);1-9,14,24H,10-13H2,(H,28,31)(H2,26,27,29,32). The number of benzene rings is 4. The van der Waals surface area contributed by atoms with Gasteiger partial charge >= 0.3 is 30.3 Å². The van der Waals surface area contributed by atoms with E-state index < -0.39 is 65.3 Å². The summed E-state index contributed by atoms with van der Waals surface area (Å²) in [4.78, 5) is 143. The van der Waals surface area contributed by atoms with E-state index in [1.54, 1.807) is 154 Å². The van der Waals surface area contributed by atoms with Crippen molar-refractivity contribution in [3.63, 3.8) is 0 Å². The van der Waals surface area contributed by atoms with Crippen LogP contribution in [0.15, 0.2) is 238 Å². The van der Waals surface area contributed by atoms with Crippen LogP contribution in [0.1, 0.15) is 47.5 Å². The zero-order valence-corrected chi connectivity index (χ0v) is 73.2. The minimum Gasteiger partial charge on any atom is -0.497 e. The van der Waals surface area contributed by atoms with Crippen LogP contribution in [0.5, 0.6) is 17.2 Å². The molecule has 135 heavy (non-hydrogen) atoms. The number of ether oxygens (including phenoxy) is 3. The number of carbonyl (C=O) groups excluding carboxylic acids is 8. The van der Waals surface area contributed by atoms with Gasteiger partial charge in [0.25, 0.3) is 23.6 Å². The lowest BCUT2D eigenvalue weighted by molar-refractivity contribution is -0.137. The van der Waals surface area contributed by atoms with E-state index in [1.807, 2.05) is 24.3 Å². The number of nitrogens with zero attached hydrogens (tertiary/aromatic N) is 12. The van der Waals surface area contributed by atoms with Gasteiger partial charge in [0.15, 0.2) is 0 Å². The summed E-state index contributed by atoms with van der Waals surface area (Å²) in [5.41, 5.74) is 6.90. The van der Waals surface area contributed by atoms with Gasteiger partial charge in [0, 0.05) is 153 Å². The number of pyridine rings is 8. The fourth-order valence-electron chi connectivity index (χ4n) is 13.9. The Bertz CT molecular complexity index is 6090. The maximum Gasteiger partial charge on any atom is 0.416 e. The number of rotatable bonds is 23. The number of carbonyl (C=O) groups is 8. The Balaban J connectivity index is 0.000000153. The molecule has 0 spiro atoms. The molecular formula is C92H96F4N28O11. The van der Waals surface area contributed by atoms with Crippen LogP contribution in [0.3, 0.4) is 0 Å². The lowest BCUT2D eigenvalue weighted by atomic mass is 10.2. The Morgan fingerprint density at radius 2 is 0.615 bits per heavy atom. The quantitative estimate of drug-likeness (QED) is 0.0264. The van der Waals surface area contributed by atoms with Gasteiger partial charge in [-0.3, -0.25) is 60.4 Å². The van der Waals surface area contributed by atoms with Crippen LogP contribution in [0.4, 0.5) is 128 Å². The molecule has 4 aliphatic rings. The Hall–Kier alpha value is -16.8. The molecule has 12 heterocycles. The molecule has 12 amide bonds. The summed E-state index contributed by atoms with van der Waals surface area (Å²) in [5.74, 6) is 0.321. The van der Waals surface area contributed by atoms with E-state index in [0.29, 0.717) is 57.1 Å². The predicted molar refractivity (Wildman–Crippen MR) is 507 cm³/mol. The zero-order valence-electron chi connectivity index (χ0n) is 73.2. The molecule has 16 N–H and O–H groups in total. The van der Waals surface area contributed by atoms with Crippen LogP contribution in [0.2, 0.25) is 0 Å². The Kier molecular flexibility index (Phi) is 33.8. The first kappa shape index (κ1) is 95.8. The van der Waals surface area contributed by atoms with E-state index in [4.69, 9.17) is 14.2 Å². The van der Waals surface area contributed by atoms with Gasteiger partial charge in [-0.2, -0.15) is 13.2 Å². The van der Waals surface area contributed by atoms with Crippen LogP contribution in [0.25, 0.3) is 0 Å². The highest BCUT2D eigenvalue weighted by Gasteiger charge is 2.31. The van der Waals surface area contributed by atoms with Gasteiger partial charge < -0.3 is 97.6 Å². The molecule has 4 saturated heterocycles. The highest BCUT2D eigenvalue weighted by Crippen LogP contribution is 2.34. The van der Waals surface area contributed by atoms with Crippen molar-refractivity contribution in [3.8, 4) is 17.2 Å². The number of anilines is 16. The largest absolute Gasteiger partial charge is 0.497 e. The van der Waals surface area contributed by atoms with E-state index in [-0.39, 0.29) is 51.7 Å². The topological polar surface area (TPSA) is 473 Å². The SMILES string of the molecule is COc1ccc(NC(=O)Nc2cccc(C(=O)Nc3cnccc3N3CCNCC3)n2)cc1.COc1ccc(OC)c(NC(=O)Nc2cccc(C(=O)Nc3cnccc3N3CCNCC3)n2)c1.O=C(Nc1ccc(F)cc1)Nc1cccc(C(=O)Nc2cnccc2N2CCNCC2)n1.O=C(Nc1cccc(C(F)(F)F)c1)Nc1cccc(C(=O)Nc2cnccc2N2CCNCC2)n1. The molecule has 0 bridgehead atoms. The number of urea groups is 4. The number of amides is 12. The highest BCUT2D eigenvalue weighted by atomic mass is 19.4. The average Bonchev–Trinajstić information content (AvgIpc) is 0.834. The fourth-order valence-corrected chi connectivity index (χ4v) is 13.9. The molecule has 39 nitrogen and oxygen atoms in total. The Morgan fingerprint density at radius 3 is 0.933 bits per heavy atom. The summed E-state index contributed by atoms with van der Waals surface area (Å²) < 4.78 is 67.2. The summed E-state index contributed by atoms with van der Waals surface area (Å²) in [6.07, 6.45) is 8.62. The minimum absolute atomic E-state index is 0.0387. The van der Waals surface area contributed by atoms with Crippen molar-refractivity contribution < 1.29 is 70.1 Å². The van der Waals surface area contributed by atoms with Crippen LogP contribution >= 0.6 is 0 Å². The maximum atomic E-state index is 13.0. The van der Waals surface area contributed by atoms with Crippen molar-refractivity contribution in [1.82, 2.24) is 61.1 Å². The number of halogens is 4. The Morgan fingerprint density at radius 1 is 0.311 bits per heavy atom. The summed E-state index contributed by atoms with van der Waals surface area (Å²) >= 11 is 0. The lowest BCUT2D eigenvalue weighted by Crippen LogP contribution is -2.43. The van der Waals surface area contributed by atoms with Gasteiger partial charge in [-0.1, -0.05) is 30.3 Å². The number of nitrogens with one attached hydrogen (secondary N) is 16. The smallest absolute Gasteiger partial charge is 0.416 e. The number of hydrogen-bond acceptors (Lipinski definition) is 27. The molecule has 16 rings (SSSR count). The summed E-state index contributed by atoms with van der Waals surface area (Å²) in [5, 5.41) is 45.2. The van der Waals surface area contributed by atoms with E-state index >= 15 is 0 Å². The molecule has 0 aliphatic carbocycles. The molecule has 0 atom stereocenters. The third-order valence-corrected chi connectivity index (χ3v) is 20.5. The molecule has 0 unspecified atom stereocenters. The third kappa shape index (κ3) is 28.4. The second kappa shape index (κ2) is 47.7. The Labute approximate surface area is 771 Å². The highest BCUT2D eigenvalue weighted by molar-refractivity contribution is 6.09. The molecular weight excluding hydrogens is 1750 g/mol. The molecule has 0 radical (unpaired) electrons. The number of piperazine rings is 4. The summed E-state index contributed by atoms with van der Waals surface area (Å²) in [7, 11) is 4.61. The van der Waals surface area contributed by atoms with Crippen molar-refractivity contribution in [1.29, 1.82) is 0 Å². The average molecular weight is 1850 g/mol. The molecule has 4 aliphatic heterocycles. The maximum absolute atomic E-state index is 13.0. The van der Waals surface area contributed by atoms with Gasteiger partial charge in [0.05, 0.1) is 103 Å². The number of hydrogen-bond donors (Lipinski definition) is 16. The van der Waals surface area contributed by atoms with Gasteiger partial charge in [0.1, 0.15) is 69.1 Å². The van der Waals surface area contributed by atoms with Gasteiger partial charge in [-0.25, -0.2) is 43.5 Å². The fraction of sp³-hybridized carbons (Fsp3) is 0.217. The van der Waals surface area contributed by atoms with E-state index in [0.717, 1.165) is 140 Å². The molecule has 12 aromatic rings. The molecule has 43 heteroatoms. The van der Waals surface area contributed by atoms with Crippen LogP contribution < -0.4 is 119 Å². The van der Waals surface area contributed by atoms with E-state index in [9.17, 15) is 55.9 Å². The van der Waals surface area contributed by atoms with Crippen molar-refractivity contribution in [2.24, 2.45) is 0 Å².